The van der Waals surface area contributed by atoms with Gasteiger partial charge in [-0.15, -0.1) is 0 Å². The molecule has 0 saturated heterocycles. The maximum Gasteiger partial charge on any atom is 0.311 e. The molecule has 1 atom stereocenters. The first-order valence-corrected chi connectivity index (χ1v) is 16.2. The van der Waals surface area contributed by atoms with Crippen LogP contribution >= 0.6 is 0 Å². The van der Waals surface area contributed by atoms with Crippen LogP contribution in [0.5, 0.6) is 0 Å². The summed E-state index contributed by atoms with van der Waals surface area (Å²) in [6.45, 7) is 2.01. The molecule has 0 radical (unpaired) electrons. The molecular formula is C40H31NO3S. The number of hydrogen-bond donors (Lipinski definition) is 0. The fourth-order valence-corrected chi connectivity index (χ4v) is 6.57. The van der Waals surface area contributed by atoms with Gasteiger partial charge in [0.25, 0.3) is 0 Å². The fraction of sp³-hybridized carbons (Fsp3) is 0.100. The Balaban J connectivity index is 1.44. The van der Waals surface area contributed by atoms with E-state index >= 15 is 0 Å². The van der Waals surface area contributed by atoms with Gasteiger partial charge in [-0.05, 0) is 94.0 Å². The predicted molar refractivity (Wildman–Crippen MR) is 180 cm³/mol. The van der Waals surface area contributed by atoms with Gasteiger partial charge in [-0.25, -0.2) is 0 Å². The van der Waals surface area contributed by atoms with Crippen molar-refractivity contribution in [2.75, 3.05) is 6.26 Å². The average molecular weight is 606 g/mol. The van der Waals surface area contributed by atoms with Crippen molar-refractivity contribution in [1.29, 1.82) is 5.26 Å². The average Bonchev–Trinajstić information content (AvgIpc) is 3.33. The monoisotopic (exact) mass is 605 g/mol. The first-order valence-electron chi connectivity index (χ1n) is 14.7. The van der Waals surface area contributed by atoms with Gasteiger partial charge in [0.05, 0.1) is 18.1 Å². The van der Waals surface area contributed by atoms with E-state index in [2.05, 4.69) is 12.1 Å². The van der Waals surface area contributed by atoms with Gasteiger partial charge in [-0.1, -0.05) is 97.1 Å². The molecule has 4 nitrogen and oxygen atoms in total. The van der Waals surface area contributed by atoms with E-state index in [1.165, 1.54) is 0 Å². The molecule has 1 aliphatic rings. The smallest absolute Gasteiger partial charge is 0.311 e. The molecule has 1 unspecified atom stereocenters. The molecule has 45 heavy (non-hydrogen) atoms. The van der Waals surface area contributed by atoms with Crippen LogP contribution in [0.2, 0.25) is 0 Å². The lowest BCUT2D eigenvalue weighted by atomic mass is 9.80. The number of benzene rings is 5. The molecule has 0 heterocycles. The van der Waals surface area contributed by atoms with Crippen LogP contribution in [-0.2, 0) is 26.3 Å². The number of fused-ring (bicyclic) bond motifs is 1. The number of nitrogens with zero attached hydrogens (tertiary/aromatic N) is 1. The molecule has 0 amide bonds. The first-order chi connectivity index (χ1) is 21.9. The molecule has 0 aromatic heterocycles. The van der Waals surface area contributed by atoms with Crippen molar-refractivity contribution < 1.29 is 14.1 Å². The minimum absolute atomic E-state index is 0.0209. The number of carbonyl (C=O) groups is 1. The molecule has 5 aromatic rings. The molecule has 0 N–H and O–H groups in total. The Morgan fingerprint density at radius 2 is 1.33 bits per heavy atom. The molecule has 0 aliphatic heterocycles. The highest BCUT2D eigenvalue weighted by atomic mass is 32.2. The van der Waals surface area contributed by atoms with E-state index in [1.54, 1.807) is 12.3 Å². The van der Waals surface area contributed by atoms with Crippen LogP contribution in [0.1, 0.15) is 52.3 Å². The molecule has 0 spiro atoms. The molecule has 5 heteroatoms. The van der Waals surface area contributed by atoms with Crippen LogP contribution in [0.3, 0.4) is 0 Å². The van der Waals surface area contributed by atoms with Gasteiger partial charge in [0.1, 0.15) is 6.26 Å². The van der Waals surface area contributed by atoms with Crippen molar-refractivity contribution in [3.05, 3.63) is 178 Å². The summed E-state index contributed by atoms with van der Waals surface area (Å²) < 4.78 is 18.6. The van der Waals surface area contributed by atoms with Crippen LogP contribution in [0.15, 0.2) is 144 Å². The summed E-state index contributed by atoms with van der Waals surface area (Å²) in [7, 11) is 0. The summed E-state index contributed by atoms with van der Waals surface area (Å²) >= 11 is -1.06. The number of allylic oxidation sites excluding steroid dienone is 2. The standard InChI is InChI=1S/C40H31NO3S/c1-28-36(24-29-18-21-34(22-19-29)45(2)43)35-23-20-30(27-41)25-38(35)37(28)26-39(42)44-40(31-12-6-3-7-13-31,32-14-8-4-9-15-32)33-16-10-5-11-17-33/h3-25H,26H2,1-2H3/b36-24+. The van der Waals surface area contributed by atoms with E-state index in [4.69, 9.17) is 4.74 Å². The minimum atomic E-state index is -1.18. The molecule has 5 aromatic carbocycles. The number of ether oxygens (including phenoxy) is 1. The summed E-state index contributed by atoms with van der Waals surface area (Å²) in [5.41, 5.74) is 7.39. The Morgan fingerprint density at radius 3 is 1.82 bits per heavy atom. The third kappa shape index (κ3) is 5.86. The topological polar surface area (TPSA) is 73.2 Å². The molecular weight excluding hydrogens is 575 g/mol. The van der Waals surface area contributed by atoms with Gasteiger partial charge < -0.3 is 9.29 Å². The molecule has 0 bridgehead atoms. The van der Waals surface area contributed by atoms with Crippen LogP contribution in [0, 0.1) is 11.3 Å². The predicted octanol–water partition coefficient (Wildman–Crippen LogP) is 8.55. The summed E-state index contributed by atoms with van der Waals surface area (Å²) in [5.74, 6) is -0.384. The summed E-state index contributed by atoms with van der Waals surface area (Å²) in [6, 6.07) is 45.0. The summed E-state index contributed by atoms with van der Waals surface area (Å²) in [5, 5.41) is 9.71. The lowest BCUT2D eigenvalue weighted by molar-refractivity contribution is -0.152. The maximum atomic E-state index is 14.2. The quantitative estimate of drug-likeness (QED) is 0.101. The summed E-state index contributed by atoms with van der Waals surface area (Å²) in [6.07, 6.45) is 3.75. The van der Waals surface area contributed by atoms with E-state index in [0.717, 1.165) is 55.0 Å². The van der Waals surface area contributed by atoms with Gasteiger partial charge in [-0.2, -0.15) is 5.26 Å². The minimum Gasteiger partial charge on any atom is -0.612 e. The number of esters is 1. The number of rotatable bonds is 8. The highest BCUT2D eigenvalue weighted by molar-refractivity contribution is 7.90. The molecule has 6 rings (SSSR count). The highest BCUT2D eigenvalue weighted by Gasteiger charge is 2.41. The molecule has 220 valence electrons. The zero-order valence-electron chi connectivity index (χ0n) is 25.1. The number of carbonyl (C=O) groups excluding carboxylic acids is 1. The first kappa shape index (κ1) is 29.9. The van der Waals surface area contributed by atoms with Crippen LogP contribution < -0.4 is 0 Å². The van der Waals surface area contributed by atoms with Crippen molar-refractivity contribution in [3.8, 4) is 6.07 Å². The maximum absolute atomic E-state index is 14.2. The third-order valence-electron chi connectivity index (χ3n) is 8.27. The van der Waals surface area contributed by atoms with Crippen molar-refractivity contribution in [3.63, 3.8) is 0 Å². The van der Waals surface area contributed by atoms with Gasteiger partial charge in [0.2, 0.25) is 0 Å². The largest absolute Gasteiger partial charge is 0.612 e. The van der Waals surface area contributed by atoms with Gasteiger partial charge in [-0.3, -0.25) is 4.79 Å². The zero-order chi connectivity index (χ0) is 31.4. The fourth-order valence-electron chi connectivity index (χ4n) is 6.05. The Bertz CT molecular complexity index is 1840. The van der Waals surface area contributed by atoms with E-state index < -0.39 is 16.8 Å². The SMILES string of the molecule is CC1=C(CC(=O)OC(c2ccccc2)(c2ccccc2)c2ccccc2)c2cc(C#N)ccc2/C1=C/c1ccc([S+](C)[O-])cc1. The van der Waals surface area contributed by atoms with Crippen molar-refractivity contribution in [2.24, 2.45) is 0 Å². The Hall–Kier alpha value is -5.15. The summed E-state index contributed by atoms with van der Waals surface area (Å²) in [4.78, 5) is 15.0. The van der Waals surface area contributed by atoms with Gasteiger partial charge >= 0.3 is 5.97 Å². The normalized spacial score (nSPS) is 14.1. The zero-order valence-corrected chi connectivity index (χ0v) is 25.9. The lowest BCUT2D eigenvalue weighted by Crippen LogP contribution is -2.35. The second kappa shape index (κ2) is 12.8. The molecule has 0 fully saturated rings. The third-order valence-corrected chi connectivity index (χ3v) is 9.21. The Morgan fingerprint density at radius 1 is 0.800 bits per heavy atom. The number of hydrogen-bond acceptors (Lipinski definition) is 4. The Labute approximate surface area is 267 Å². The van der Waals surface area contributed by atoms with Crippen LogP contribution in [0.4, 0.5) is 0 Å². The van der Waals surface area contributed by atoms with Gasteiger partial charge in [0.15, 0.2) is 10.5 Å². The Kier molecular flexibility index (Phi) is 8.53. The number of nitriles is 1. The highest BCUT2D eigenvalue weighted by Crippen LogP contribution is 2.46. The van der Waals surface area contributed by atoms with Crippen molar-refractivity contribution in [2.45, 2.75) is 23.8 Å². The molecule has 1 aliphatic carbocycles. The van der Waals surface area contributed by atoms with Gasteiger partial charge in [0, 0.05) is 16.7 Å². The van der Waals surface area contributed by atoms with Crippen molar-refractivity contribution in [1.82, 2.24) is 0 Å². The van der Waals surface area contributed by atoms with E-state index in [-0.39, 0.29) is 12.4 Å². The van der Waals surface area contributed by atoms with E-state index in [9.17, 15) is 14.6 Å². The molecule has 0 saturated carbocycles. The second-order valence-corrected chi connectivity index (χ2v) is 12.4. The van der Waals surface area contributed by atoms with E-state index in [1.807, 2.05) is 134 Å². The van der Waals surface area contributed by atoms with Crippen LogP contribution in [0.25, 0.3) is 17.2 Å². The van der Waals surface area contributed by atoms with Crippen molar-refractivity contribution >= 4 is 34.4 Å². The van der Waals surface area contributed by atoms with E-state index in [0.29, 0.717) is 5.56 Å². The van der Waals surface area contributed by atoms with Crippen LogP contribution in [-0.4, -0.2) is 16.8 Å². The lowest BCUT2D eigenvalue weighted by Gasteiger charge is -2.35. The second-order valence-electron chi connectivity index (χ2n) is 11.0.